The van der Waals surface area contributed by atoms with E-state index in [0.717, 1.165) is 10.9 Å². The fraction of sp³-hybridized carbons (Fsp3) is 0.111. The van der Waals surface area contributed by atoms with Crippen LogP contribution in [0.5, 0.6) is 5.75 Å². The Morgan fingerprint density at radius 2 is 1.87 bits per heavy atom. The molecule has 4 nitrogen and oxygen atoms in total. The summed E-state index contributed by atoms with van der Waals surface area (Å²) in [4.78, 5) is 16.3. The van der Waals surface area contributed by atoms with Crippen molar-refractivity contribution in [2.45, 2.75) is 0 Å². The van der Waals surface area contributed by atoms with Crippen molar-refractivity contribution < 1.29 is 14.3 Å². The van der Waals surface area contributed by atoms with Crippen LogP contribution in [0.15, 0.2) is 60.7 Å². The van der Waals surface area contributed by atoms with Gasteiger partial charge in [-0.3, -0.25) is 0 Å². The van der Waals surface area contributed by atoms with Crippen LogP contribution in [-0.4, -0.2) is 24.2 Å². The van der Waals surface area contributed by atoms with Gasteiger partial charge < -0.3 is 9.47 Å². The highest BCUT2D eigenvalue weighted by Crippen LogP contribution is 2.17. The van der Waals surface area contributed by atoms with Crippen LogP contribution in [0.3, 0.4) is 0 Å². The van der Waals surface area contributed by atoms with Crippen LogP contribution in [0.4, 0.5) is 0 Å². The Morgan fingerprint density at radius 1 is 1.00 bits per heavy atom. The first kappa shape index (κ1) is 15.3. The fourth-order valence-corrected chi connectivity index (χ4v) is 2.28. The maximum absolute atomic E-state index is 12.0. The van der Waals surface area contributed by atoms with Crippen molar-refractivity contribution in [1.82, 2.24) is 4.98 Å². The fourth-order valence-electron chi connectivity index (χ4n) is 2.10. The van der Waals surface area contributed by atoms with Crippen LogP contribution in [0.25, 0.3) is 10.9 Å². The first-order chi connectivity index (χ1) is 11.2. The summed E-state index contributed by atoms with van der Waals surface area (Å²) in [6.45, 7) is 0.388. The SMILES string of the molecule is O=C(OCCOc1cccc(Cl)c1)c1ccc2ccccc2n1. The number of benzene rings is 2. The number of pyridine rings is 1. The van der Waals surface area contributed by atoms with Crippen molar-refractivity contribution in [2.24, 2.45) is 0 Å². The van der Waals surface area contributed by atoms with Crippen LogP contribution in [-0.2, 0) is 4.74 Å². The number of halogens is 1. The Hall–Kier alpha value is -2.59. The van der Waals surface area contributed by atoms with E-state index in [9.17, 15) is 4.79 Å². The van der Waals surface area contributed by atoms with Crippen molar-refractivity contribution >= 4 is 28.5 Å². The van der Waals surface area contributed by atoms with Crippen LogP contribution in [0.1, 0.15) is 10.5 Å². The molecule has 0 saturated heterocycles. The van der Waals surface area contributed by atoms with Gasteiger partial charge in [0.25, 0.3) is 0 Å². The number of esters is 1. The molecule has 0 radical (unpaired) electrons. The van der Waals surface area contributed by atoms with E-state index < -0.39 is 5.97 Å². The number of aromatic nitrogens is 1. The summed E-state index contributed by atoms with van der Waals surface area (Å²) < 4.78 is 10.6. The summed E-state index contributed by atoms with van der Waals surface area (Å²) in [7, 11) is 0. The maximum atomic E-state index is 12.0. The Bertz CT molecular complexity index is 835. The smallest absolute Gasteiger partial charge is 0.357 e. The van der Waals surface area contributed by atoms with E-state index in [2.05, 4.69) is 4.98 Å². The standard InChI is InChI=1S/C18H14ClNO3/c19-14-5-3-6-15(12-14)22-10-11-23-18(21)17-9-8-13-4-1-2-7-16(13)20-17/h1-9,12H,10-11H2. The molecule has 0 unspecified atom stereocenters. The van der Waals surface area contributed by atoms with Crippen molar-refractivity contribution in [3.63, 3.8) is 0 Å². The molecule has 116 valence electrons. The second-order valence-electron chi connectivity index (χ2n) is 4.83. The Balaban J connectivity index is 1.54. The third-order valence-electron chi connectivity index (χ3n) is 3.19. The first-order valence-electron chi connectivity index (χ1n) is 7.14. The quantitative estimate of drug-likeness (QED) is 0.522. The summed E-state index contributed by atoms with van der Waals surface area (Å²) in [5, 5.41) is 1.58. The first-order valence-corrected chi connectivity index (χ1v) is 7.51. The average Bonchev–Trinajstić information content (AvgIpc) is 2.58. The van der Waals surface area contributed by atoms with Gasteiger partial charge in [0, 0.05) is 10.4 Å². The molecule has 0 amide bonds. The second kappa shape index (κ2) is 7.11. The average molecular weight is 328 g/mol. The number of hydrogen-bond donors (Lipinski definition) is 0. The maximum Gasteiger partial charge on any atom is 0.357 e. The Labute approximate surface area is 138 Å². The van der Waals surface area contributed by atoms with Gasteiger partial charge in [0.05, 0.1) is 5.52 Å². The highest BCUT2D eigenvalue weighted by molar-refractivity contribution is 6.30. The molecular formula is C18H14ClNO3. The number of para-hydroxylation sites is 1. The third kappa shape index (κ3) is 3.99. The minimum Gasteiger partial charge on any atom is -0.490 e. The van der Waals surface area contributed by atoms with Crippen molar-refractivity contribution in [1.29, 1.82) is 0 Å². The largest absolute Gasteiger partial charge is 0.490 e. The molecule has 0 spiro atoms. The molecule has 0 bridgehead atoms. The summed E-state index contributed by atoms with van der Waals surface area (Å²) in [5.74, 6) is 0.169. The normalized spacial score (nSPS) is 10.5. The number of carbonyl (C=O) groups is 1. The van der Waals surface area contributed by atoms with Gasteiger partial charge in [0.1, 0.15) is 24.7 Å². The van der Waals surface area contributed by atoms with Gasteiger partial charge in [-0.15, -0.1) is 0 Å². The van der Waals surface area contributed by atoms with Gasteiger partial charge >= 0.3 is 5.97 Å². The Morgan fingerprint density at radius 3 is 2.74 bits per heavy atom. The molecule has 2 aromatic carbocycles. The van der Waals surface area contributed by atoms with E-state index in [1.54, 1.807) is 30.3 Å². The van der Waals surface area contributed by atoms with Crippen LogP contribution < -0.4 is 4.74 Å². The zero-order valence-corrected chi connectivity index (χ0v) is 13.0. The summed E-state index contributed by atoms with van der Waals surface area (Å²) in [6.07, 6.45) is 0. The number of ether oxygens (including phenoxy) is 2. The molecule has 3 rings (SSSR count). The van der Waals surface area contributed by atoms with Crippen molar-refractivity contribution in [2.75, 3.05) is 13.2 Å². The zero-order valence-electron chi connectivity index (χ0n) is 12.2. The van der Waals surface area contributed by atoms with E-state index >= 15 is 0 Å². The lowest BCUT2D eigenvalue weighted by Crippen LogP contribution is -2.13. The number of nitrogens with zero attached hydrogens (tertiary/aromatic N) is 1. The molecule has 1 heterocycles. The van der Waals surface area contributed by atoms with Crippen LogP contribution >= 0.6 is 11.6 Å². The molecule has 23 heavy (non-hydrogen) atoms. The molecule has 1 aromatic heterocycles. The molecule has 0 aliphatic rings. The monoisotopic (exact) mass is 327 g/mol. The Kier molecular flexibility index (Phi) is 4.74. The number of carbonyl (C=O) groups excluding carboxylic acids is 1. The topological polar surface area (TPSA) is 48.4 Å². The molecular weight excluding hydrogens is 314 g/mol. The van der Waals surface area contributed by atoms with Gasteiger partial charge in [0.2, 0.25) is 0 Å². The van der Waals surface area contributed by atoms with E-state index in [4.69, 9.17) is 21.1 Å². The molecule has 0 fully saturated rings. The molecule has 0 N–H and O–H groups in total. The van der Waals surface area contributed by atoms with Gasteiger partial charge in [-0.2, -0.15) is 0 Å². The van der Waals surface area contributed by atoms with Gasteiger partial charge in [-0.25, -0.2) is 9.78 Å². The minimum atomic E-state index is -0.467. The van der Waals surface area contributed by atoms with Crippen LogP contribution in [0.2, 0.25) is 5.02 Å². The molecule has 0 aliphatic carbocycles. The molecule has 3 aromatic rings. The number of rotatable bonds is 5. The molecule has 0 saturated carbocycles. The van der Waals surface area contributed by atoms with Gasteiger partial charge in [0.15, 0.2) is 0 Å². The van der Waals surface area contributed by atoms with E-state index in [1.807, 2.05) is 30.3 Å². The summed E-state index contributed by atoms with van der Waals surface area (Å²) in [6, 6.07) is 18.2. The number of fused-ring (bicyclic) bond motifs is 1. The lowest BCUT2D eigenvalue weighted by atomic mass is 10.2. The predicted molar refractivity (Wildman–Crippen MR) is 89.0 cm³/mol. The number of hydrogen-bond acceptors (Lipinski definition) is 4. The lowest BCUT2D eigenvalue weighted by molar-refractivity contribution is 0.0444. The highest BCUT2D eigenvalue weighted by atomic mass is 35.5. The van der Waals surface area contributed by atoms with Gasteiger partial charge in [-0.05, 0) is 30.3 Å². The third-order valence-corrected chi connectivity index (χ3v) is 3.42. The van der Waals surface area contributed by atoms with Gasteiger partial charge in [-0.1, -0.05) is 41.9 Å². The summed E-state index contributed by atoms with van der Waals surface area (Å²) in [5.41, 5.74) is 1.04. The lowest BCUT2D eigenvalue weighted by Gasteiger charge is -2.07. The zero-order chi connectivity index (χ0) is 16.1. The summed E-state index contributed by atoms with van der Waals surface area (Å²) >= 11 is 5.86. The highest BCUT2D eigenvalue weighted by Gasteiger charge is 2.09. The van der Waals surface area contributed by atoms with Crippen molar-refractivity contribution in [3.8, 4) is 5.75 Å². The predicted octanol–water partition coefficient (Wildman–Crippen LogP) is 4.12. The van der Waals surface area contributed by atoms with Crippen molar-refractivity contribution in [3.05, 3.63) is 71.4 Å². The van der Waals surface area contributed by atoms with E-state index in [1.165, 1.54) is 0 Å². The molecule has 0 atom stereocenters. The second-order valence-corrected chi connectivity index (χ2v) is 5.27. The molecule has 0 aliphatic heterocycles. The van der Waals surface area contributed by atoms with E-state index in [-0.39, 0.29) is 18.9 Å². The minimum absolute atomic E-state index is 0.139. The van der Waals surface area contributed by atoms with E-state index in [0.29, 0.717) is 10.8 Å². The van der Waals surface area contributed by atoms with Crippen LogP contribution in [0, 0.1) is 0 Å². The molecule has 5 heteroatoms.